The maximum absolute atomic E-state index is 11.3. The number of fused-ring (bicyclic) bond motifs is 1. The number of carbonyl (C=O) groups is 1. The number of anilines is 2. The van der Waals surface area contributed by atoms with Gasteiger partial charge in [0.2, 0.25) is 5.91 Å². The van der Waals surface area contributed by atoms with E-state index in [1.165, 1.54) is 0 Å². The largest absolute Gasteiger partial charge is 0.368 e. The van der Waals surface area contributed by atoms with Gasteiger partial charge in [-0.05, 0) is 28.4 Å². The fraction of sp³-hybridized carbons (Fsp3) is 0.333. The van der Waals surface area contributed by atoms with Crippen molar-refractivity contribution >= 4 is 33.3 Å². The van der Waals surface area contributed by atoms with Crippen LogP contribution >= 0.6 is 15.9 Å². The van der Waals surface area contributed by atoms with E-state index in [9.17, 15) is 4.79 Å². The number of hydrogen-bond acceptors (Lipinski definition) is 3. The lowest BCUT2D eigenvalue weighted by Gasteiger charge is -2.10. The van der Waals surface area contributed by atoms with Crippen LogP contribution in [0.4, 0.5) is 11.5 Å². The van der Waals surface area contributed by atoms with E-state index in [1.807, 2.05) is 6.92 Å². The zero-order valence-corrected chi connectivity index (χ0v) is 9.31. The highest BCUT2D eigenvalue weighted by Crippen LogP contribution is 2.30. The molecular formula is C9H10BrN3O. The first-order chi connectivity index (χ1) is 6.68. The highest BCUT2D eigenvalue weighted by atomic mass is 79.9. The average molecular weight is 256 g/mol. The van der Waals surface area contributed by atoms with Gasteiger partial charge in [-0.1, -0.05) is 0 Å². The Labute approximate surface area is 90.2 Å². The van der Waals surface area contributed by atoms with Crippen molar-refractivity contribution < 1.29 is 4.79 Å². The molecule has 0 saturated heterocycles. The van der Waals surface area contributed by atoms with E-state index in [0.717, 1.165) is 21.5 Å². The molecule has 74 valence electrons. The Morgan fingerprint density at radius 2 is 2.36 bits per heavy atom. The fourth-order valence-corrected chi connectivity index (χ4v) is 1.66. The van der Waals surface area contributed by atoms with Crippen LogP contribution in [0.2, 0.25) is 0 Å². The zero-order chi connectivity index (χ0) is 10.1. The molecular weight excluding hydrogens is 246 g/mol. The lowest BCUT2D eigenvalue weighted by molar-refractivity contribution is -0.115. The summed E-state index contributed by atoms with van der Waals surface area (Å²) in [6.45, 7) is 2.57. The standard InChI is InChI=1S/C9H10BrN3O/c1-5-6(10)4-12-9-8(5)13-7(14)2-3-11-9/h4H,2-3H2,1H3,(H,11,12)(H,13,14). The van der Waals surface area contributed by atoms with Crippen LogP contribution in [0.1, 0.15) is 12.0 Å². The van der Waals surface area contributed by atoms with Gasteiger partial charge in [-0.3, -0.25) is 4.79 Å². The second kappa shape index (κ2) is 3.57. The van der Waals surface area contributed by atoms with Gasteiger partial charge in [-0.25, -0.2) is 4.98 Å². The molecule has 2 rings (SSSR count). The van der Waals surface area contributed by atoms with Gasteiger partial charge in [0.1, 0.15) is 5.82 Å². The molecule has 2 heterocycles. The Morgan fingerprint density at radius 1 is 1.57 bits per heavy atom. The van der Waals surface area contributed by atoms with Crippen LogP contribution in [-0.4, -0.2) is 17.4 Å². The smallest absolute Gasteiger partial charge is 0.226 e. The van der Waals surface area contributed by atoms with Gasteiger partial charge < -0.3 is 10.6 Å². The number of hydrogen-bond donors (Lipinski definition) is 2. The number of amides is 1. The van der Waals surface area contributed by atoms with Crippen LogP contribution in [0.25, 0.3) is 0 Å². The summed E-state index contributed by atoms with van der Waals surface area (Å²) in [6, 6.07) is 0. The summed E-state index contributed by atoms with van der Waals surface area (Å²) in [5.41, 5.74) is 1.78. The quantitative estimate of drug-likeness (QED) is 0.745. The SMILES string of the molecule is Cc1c(Br)cnc2c1NC(=O)CCN2. The molecule has 1 aliphatic heterocycles. The molecule has 0 saturated carbocycles. The highest BCUT2D eigenvalue weighted by Gasteiger charge is 2.16. The maximum Gasteiger partial charge on any atom is 0.226 e. The van der Waals surface area contributed by atoms with Crippen molar-refractivity contribution in [2.45, 2.75) is 13.3 Å². The predicted molar refractivity (Wildman–Crippen MR) is 58.4 cm³/mol. The molecule has 0 aromatic carbocycles. The molecule has 14 heavy (non-hydrogen) atoms. The van der Waals surface area contributed by atoms with Crippen LogP contribution in [0.3, 0.4) is 0 Å². The predicted octanol–water partition coefficient (Wildman–Crippen LogP) is 1.91. The molecule has 1 aromatic heterocycles. The van der Waals surface area contributed by atoms with Crippen molar-refractivity contribution in [1.29, 1.82) is 0 Å². The van der Waals surface area contributed by atoms with Crippen LogP contribution in [0.15, 0.2) is 10.7 Å². The molecule has 2 N–H and O–H groups in total. The molecule has 1 aliphatic rings. The first kappa shape index (κ1) is 9.45. The molecule has 1 aromatic rings. The Morgan fingerprint density at radius 3 is 3.14 bits per heavy atom. The van der Waals surface area contributed by atoms with Crippen LogP contribution in [0.5, 0.6) is 0 Å². The molecule has 0 radical (unpaired) electrons. The molecule has 5 heteroatoms. The molecule has 0 spiro atoms. The third-order valence-corrected chi connectivity index (χ3v) is 2.99. The molecule has 4 nitrogen and oxygen atoms in total. The second-order valence-electron chi connectivity index (χ2n) is 3.18. The summed E-state index contributed by atoms with van der Waals surface area (Å²) in [5.74, 6) is 0.774. The third kappa shape index (κ3) is 1.59. The topological polar surface area (TPSA) is 54.0 Å². The van der Waals surface area contributed by atoms with Crippen molar-refractivity contribution in [3.63, 3.8) is 0 Å². The number of rotatable bonds is 0. The summed E-state index contributed by atoms with van der Waals surface area (Å²) >= 11 is 3.38. The van der Waals surface area contributed by atoms with E-state index in [1.54, 1.807) is 6.20 Å². The molecule has 0 atom stereocenters. The van der Waals surface area contributed by atoms with Gasteiger partial charge in [0.15, 0.2) is 0 Å². The number of pyridine rings is 1. The van der Waals surface area contributed by atoms with Crippen molar-refractivity contribution in [3.05, 3.63) is 16.2 Å². The molecule has 0 unspecified atom stereocenters. The molecule has 0 aliphatic carbocycles. The number of nitrogens with zero attached hydrogens (tertiary/aromatic N) is 1. The summed E-state index contributed by atoms with van der Waals surface area (Å²) < 4.78 is 0.903. The minimum absolute atomic E-state index is 0.0271. The number of carbonyl (C=O) groups excluding carboxylic acids is 1. The Hall–Kier alpha value is -1.10. The van der Waals surface area contributed by atoms with Gasteiger partial charge >= 0.3 is 0 Å². The van der Waals surface area contributed by atoms with E-state index in [4.69, 9.17) is 0 Å². The Bertz CT molecular complexity index is 392. The monoisotopic (exact) mass is 255 g/mol. The fourth-order valence-electron chi connectivity index (χ4n) is 1.36. The summed E-state index contributed by atoms with van der Waals surface area (Å²) in [5, 5.41) is 5.95. The third-order valence-electron chi connectivity index (χ3n) is 2.19. The molecule has 1 amide bonds. The first-order valence-corrected chi connectivity index (χ1v) is 5.16. The lowest BCUT2D eigenvalue weighted by Crippen LogP contribution is -2.11. The Balaban J connectivity index is 2.51. The summed E-state index contributed by atoms with van der Waals surface area (Å²) in [4.78, 5) is 15.5. The summed E-state index contributed by atoms with van der Waals surface area (Å²) in [6.07, 6.45) is 2.21. The van der Waals surface area contributed by atoms with Crippen LogP contribution in [0, 0.1) is 6.92 Å². The van der Waals surface area contributed by atoms with Gasteiger partial charge in [0.05, 0.1) is 5.69 Å². The van der Waals surface area contributed by atoms with E-state index < -0.39 is 0 Å². The minimum atomic E-state index is 0.0271. The van der Waals surface area contributed by atoms with Gasteiger partial charge in [-0.15, -0.1) is 0 Å². The lowest BCUT2D eigenvalue weighted by atomic mass is 10.2. The average Bonchev–Trinajstić information content (AvgIpc) is 2.34. The molecule has 0 bridgehead atoms. The van der Waals surface area contributed by atoms with Crippen LogP contribution in [-0.2, 0) is 4.79 Å². The van der Waals surface area contributed by atoms with Crippen molar-refractivity contribution in [3.8, 4) is 0 Å². The van der Waals surface area contributed by atoms with Crippen LogP contribution < -0.4 is 10.6 Å². The van der Waals surface area contributed by atoms with Crippen molar-refractivity contribution in [2.75, 3.05) is 17.2 Å². The van der Waals surface area contributed by atoms with Crippen molar-refractivity contribution in [2.24, 2.45) is 0 Å². The summed E-state index contributed by atoms with van der Waals surface area (Å²) in [7, 11) is 0. The van der Waals surface area contributed by atoms with Gasteiger partial charge in [-0.2, -0.15) is 0 Å². The maximum atomic E-state index is 11.3. The highest BCUT2D eigenvalue weighted by molar-refractivity contribution is 9.10. The minimum Gasteiger partial charge on any atom is -0.368 e. The Kier molecular flexibility index (Phi) is 2.41. The first-order valence-electron chi connectivity index (χ1n) is 4.37. The number of aromatic nitrogens is 1. The van der Waals surface area contributed by atoms with Gasteiger partial charge in [0, 0.05) is 23.6 Å². The number of nitrogens with one attached hydrogen (secondary N) is 2. The van der Waals surface area contributed by atoms with E-state index in [2.05, 4.69) is 31.5 Å². The van der Waals surface area contributed by atoms with E-state index >= 15 is 0 Å². The normalized spacial score (nSPS) is 15.1. The molecule has 0 fully saturated rings. The van der Waals surface area contributed by atoms with E-state index in [0.29, 0.717) is 13.0 Å². The van der Waals surface area contributed by atoms with Crippen molar-refractivity contribution in [1.82, 2.24) is 4.98 Å². The zero-order valence-electron chi connectivity index (χ0n) is 7.72. The number of halogens is 1. The van der Waals surface area contributed by atoms with E-state index in [-0.39, 0.29) is 5.91 Å². The van der Waals surface area contributed by atoms with Gasteiger partial charge in [0.25, 0.3) is 0 Å². The second-order valence-corrected chi connectivity index (χ2v) is 4.03.